The number of hydrogen-bond acceptors (Lipinski definition) is 6. The highest BCUT2D eigenvalue weighted by Crippen LogP contribution is 2.41. The van der Waals surface area contributed by atoms with E-state index >= 15 is 4.39 Å². The second kappa shape index (κ2) is 10.1. The van der Waals surface area contributed by atoms with Gasteiger partial charge in [-0.25, -0.2) is 14.4 Å². The average molecular weight is 542 g/mol. The van der Waals surface area contributed by atoms with Crippen molar-refractivity contribution in [2.24, 2.45) is 0 Å². The number of aryl methyl sites for hydroxylation is 1. The van der Waals surface area contributed by atoms with Crippen LogP contribution in [0, 0.1) is 12.7 Å². The Balaban J connectivity index is 2.01. The number of methoxy groups -OCH3 is 1. The number of nitrogens with zero attached hydrogens (tertiary/aromatic N) is 2. The van der Waals surface area contributed by atoms with E-state index in [9.17, 15) is 13.9 Å². The molecule has 3 rings (SSSR count). The molecule has 3 aromatic rings. The zero-order valence-electron chi connectivity index (χ0n) is 19.5. The quantitative estimate of drug-likeness (QED) is 0.328. The van der Waals surface area contributed by atoms with Crippen molar-refractivity contribution >= 4 is 32.7 Å². The summed E-state index contributed by atoms with van der Waals surface area (Å²) in [6, 6.07) is 6.55. The number of nitrogens with one attached hydrogen (secondary N) is 1. The number of alkyl halides is 2. The minimum Gasteiger partial charge on any atom is -0.490 e. The molecule has 1 heterocycles. The molecule has 0 saturated heterocycles. The summed E-state index contributed by atoms with van der Waals surface area (Å²) < 4.78 is 56.1. The second-order valence-electron chi connectivity index (χ2n) is 8.47. The van der Waals surface area contributed by atoms with Gasteiger partial charge in [-0.1, -0.05) is 12.1 Å². The molecule has 0 fully saturated rings. The number of anilines is 1. The molecule has 0 saturated carbocycles. The van der Waals surface area contributed by atoms with Crippen LogP contribution in [-0.4, -0.2) is 41.0 Å². The molecular weight excluding hydrogens is 515 g/mol. The number of benzene rings is 2. The lowest BCUT2D eigenvalue weighted by Gasteiger charge is -2.30. The largest absolute Gasteiger partial charge is 0.490 e. The zero-order valence-corrected chi connectivity index (χ0v) is 21.1. The third-order valence-corrected chi connectivity index (χ3v) is 5.98. The maximum atomic E-state index is 15.2. The van der Waals surface area contributed by atoms with Gasteiger partial charge in [0.2, 0.25) is 0 Å². The summed E-state index contributed by atoms with van der Waals surface area (Å²) in [4.78, 5) is 8.89. The number of aliphatic hydroxyl groups is 1. The van der Waals surface area contributed by atoms with Crippen LogP contribution < -0.4 is 10.1 Å². The van der Waals surface area contributed by atoms with Crippen molar-refractivity contribution in [2.75, 3.05) is 25.6 Å². The molecule has 10 heteroatoms. The van der Waals surface area contributed by atoms with Gasteiger partial charge in [0.05, 0.1) is 28.2 Å². The van der Waals surface area contributed by atoms with E-state index in [0.717, 1.165) is 19.9 Å². The highest BCUT2D eigenvalue weighted by molar-refractivity contribution is 9.10. The van der Waals surface area contributed by atoms with Crippen molar-refractivity contribution in [1.29, 1.82) is 0 Å². The van der Waals surface area contributed by atoms with E-state index in [1.54, 1.807) is 33.1 Å². The van der Waals surface area contributed by atoms with Crippen LogP contribution in [0.4, 0.5) is 19.0 Å². The van der Waals surface area contributed by atoms with Crippen molar-refractivity contribution in [3.8, 4) is 5.75 Å². The standard InChI is InChI=1S/C24H27BrF3N3O3/c1-13(15-7-6-8-17(21(15)26)24(27,28)23(3,4)32)29-22-16-11-20(34-10-9-33-5)18(25)12-19(16)30-14(2)31-22/h6-8,11-13,32H,9-10H2,1-5H3,(H,29,30,31). The molecule has 0 spiro atoms. The first-order chi connectivity index (χ1) is 15.9. The van der Waals surface area contributed by atoms with Crippen LogP contribution in [0.15, 0.2) is 34.8 Å². The minimum absolute atomic E-state index is 0.0134. The van der Waals surface area contributed by atoms with Crippen LogP contribution in [0.25, 0.3) is 10.9 Å². The van der Waals surface area contributed by atoms with E-state index in [0.29, 0.717) is 46.0 Å². The summed E-state index contributed by atoms with van der Waals surface area (Å²) >= 11 is 3.47. The van der Waals surface area contributed by atoms with Gasteiger partial charge in [-0.2, -0.15) is 8.78 Å². The fourth-order valence-electron chi connectivity index (χ4n) is 3.44. The lowest BCUT2D eigenvalue weighted by Crippen LogP contribution is -2.41. The van der Waals surface area contributed by atoms with Gasteiger partial charge in [0.1, 0.15) is 35.4 Å². The number of fused-ring (bicyclic) bond motifs is 1. The fourth-order valence-corrected chi connectivity index (χ4v) is 3.89. The van der Waals surface area contributed by atoms with Gasteiger partial charge in [-0.15, -0.1) is 0 Å². The maximum absolute atomic E-state index is 15.2. The van der Waals surface area contributed by atoms with Gasteiger partial charge >= 0.3 is 5.92 Å². The molecule has 1 aromatic heterocycles. The Hall–Kier alpha value is -2.43. The molecule has 1 atom stereocenters. The molecule has 6 nitrogen and oxygen atoms in total. The normalized spacial score (nSPS) is 13.2. The summed E-state index contributed by atoms with van der Waals surface area (Å²) in [5.41, 5.74) is -2.67. The molecule has 0 aliphatic heterocycles. The summed E-state index contributed by atoms with van der Waals surface area (Å²) in [5, 5.41) is 13.6. The lowest BCUT2D eigenvalue weighted by molar-refractivity contribution is -0.170. The van der Waals surface area contributed by atoms with E-state index < -0.39 is 28.9 Å². The Morgan fingerprint density at radius 2 is 1.88 bits per heavy atom. The number of ether oxygens (including phenoxy) is 2. The van der Waals surface area contributed by atoms with Crippen molar-refractivity contribution in [2.45, 2.75) is 45.3 Å². The average Bonchev–Trinajstić information content (AvgIpc) is 2.73. The summed E-state index contributed by atoms with van der Waals surface area (Å²) in [7, 11) is 1.57. The predicted octanol–water partition coefficient (Wildman–Crippen LogP) is 5.90. The van der Waals surface area contributed by atoms with E-state index in [4.69, 9.17) is 9.47 Å². The Morgan fingerprint density at radius 1 is 1.18 bits per heavy atom. The van der Waals surface area contributed by atoms with Crippen molar-refractivity contribution in [3.63, 3.8) is 0 Å². The summed E-state index contributed by atoms with van der Waals surface area (Å²) in [6.45, 7) is 5.99. The van der Waals surface area contributed by atoms with E-state index in [2.05, 4.69) is 31.2 Å². The highest BCUT2D eigenvalue weighted by atomic mass is 79.9. The molecule has 34 heavy (non-hydrogen) atoms. The highest BCUT2D eigenvalue weighted by Gasteiger charge is 2.49. The first-order valence-electron chi connectivity index (χ1n) is 10.6. The van der Waals surface area contributed by atoms with Gasteiger partial charge < -0.3 is 19.9 Å². The first kappa shape index (κ1) is 26.2. The number of aromatic nitrogens is 2. The summed E-state index contributed by atoms with van der Waals surface area (Å²) in [6.07, 6.45) is 0. The summed E-state index contributed by atoms with van der Waals surface area (Å²) in [5.74, 6) is -3.45. The van der Waals surface area contributed by atoms with E-state index in [1.807, 2.05) is 0 Å². The van der Waals surface area contributed by atoms with Gasteiger partial charge in [0.25, 0.3) is 0 Å². The monoisotopic (exact) mass is 541 g/mol. The fraction of sp³-hybridized carbons (Fsp3) is 0.417. The van der Waals surface area contributed by atoms with Gasteiger partial charge in [0, 0.05) is 18.1 Å². The molecule has 2 N–H and O–H groups in total. The van der Waals surface area contributed by atoms with Gasteiger partial charge in [-0.3, -0.25) is 0 Å². The first-order valence-corrected chi connectivity index (χ1v) is 11.4. The Bertz CT molecular complexity index is 1190. The second-order valence-corrected chi connectivity index (χ2v) is 9.32. The van der Waals surface area contributed by atoms with Gasteiger partial charge in [0.15, 0.2) is 0 Å². The zero-order chi connectivity index (χ0) is 25.3. The third-order valence-electron chi connectivity index (χ3n) is 5.36. The SMILES string of the molecule is COCCOc1cc2c(NC(C)c3cccc(C(F)(F)C(C)(C)O)c3F)nc(C)nc2cc1Br. The number of hydrogen-bond donors (Lipinski definition) is 2. The smallest absolute Gasteiger partial charge is 0.303 e. The molecule has 0 amide bonds. The van der Waals surface area contributed by atoms with Crippen LogP contribution in [0.2, 0.25) is 0 Å². The molecular formula is C24H27BrF3N3O3. The van der Waals surface area contributed by atoms with E-state index in [-0.39, 0.29) is 5.56 Å². The third kappa shape index (κ3) is 5.29. The molecule has 1 unspecified atom stereocenters. The van der Waals surface area contributed by atoms with Crippen LogP contribution in [-0.2, 0) is 10.7 Å². The Morgan fingerprint density at radius 3 is 2.53 bits per heavy atom. The van der Waals surface area contributed by atoms with Crippen molar-refractivity contribution < 1.29 is 27.8 Å². The number of halogens is 4. The van der Waals surface area contributed by atoms with Crippen LogP contribution in [0.5, 0.6) is 5.75 Å². The van der Waals surface area contributed by atoms with Crippen LogP contribution in [0.3, 0.4) is 0 Å². The Kier molecular flexibility index (Phi) is 7.74. The van der Waals surface area contributed by atoms with E-state index in [1.165, 1.54) is 12.1 Å². The van der Waals surface area contributed by atoms with Crippen LogP contribution >= 0.6 is 15.9 Å². The lowest BCUT2D eigenvalue weighted by atomic mass is 9.91. The number of rotatable bonds is 9. The maximum Gasteiger partial charge on any atom is 0.303 e. The topological polar surface area (TPSA) is 76.5 Å². The molecule has 184 valence electrons. The van der Waals surface area contributed by atoms with Crippen molar-refractivity contribution in [3.05, 3.63) is 57.6 Å². The predicted molar refractivity (Wildman–Crippen MR) is 128 cm³/mol. The molecule has 2 aromatic carbocycles. The molecule has 0 bridgehead atoms. The van der Waals surface area contributed by atoms with Crippen LogP contribution in [0.1, 0.15) is 43.8 Å². The Labute approximate surface area is 204 Å². The van der Waals surface area contributed by atoms with Gasteiger partial charge in [-0.05, 0) is 61.8 Å². The molecule has 0 aliphatic carbocycles. The molecule has 0 aliphatic rings. The molecule has 0 radical (unpaired) electrons. The van der Waals surface area contributed by atoms with Crippen molar-refractivity contribution in [1.82, 2.24) is 9.97 Å². The minimum atomic E-state index is -3.79.